The monoisotopic (exact) mass is 245 g/mol. The van der Waals surface area contributed by atoms with E-state index in [0.29, 0.717) is 24.3 Å². The molecule has 2 aromatic rings. The van der Waals surface area contributed by atoms with E-state index in [2.05, 4.69) is 4.98 Å². The predicted octanol–water partition coefficient (Wildman–Crippen LogP) is 1.41. The van der Waals surface area contributed by atoms with Crippen LogP contribution in [0, 0.1) is 0 Å². The SMILES string of the molecule is CN(Cc1ccoc1)C(=O)c1ccnc(CN)c1. The van der Waals surface area contributed by atoms with Crippen LogP contribution in [0.1, 0.15) is 21.6 Å². The van der Waals surface area contributed by atoms with E-state index in [1.54, 1.807) is 42.8 Å². The second kappa shape index (κ2) is 5.46. The van der Waals surface area contributed by atoms with Gasteiger partial charge in [0.15, 0.2) is 0 Å². The molecule has 94 valence electrons. The minimum absolute atomic E-state index is 0.0618. The van der Waals surface area contributed by atoms with Crippen molar-refractivity contribution in [3.05, 3.63) is 53.7 Å². The molecular formula is C13H15N3O2. The molecule has 0 radical (unpaired) electrons. The van der Waals surface area contributed by atoms with E-state index in [-0.39, 0.29) is 5.91 Å². The molecule has 2 aromatic heterocycles. The van der Waals surface area contributed by atoms with Crippen LogP contribution in [0.15, 0.2) is 41.3 Å². The number of aromatic nitrogens is 1. The Bertz CT molecular complexity index is 523. The highest BCUT2D eigenvalue weighted by Gasteiger charge is 2.13. The Labute approximate surface area is 105 Å². The Morgan fingerprint density at radius 1 is 1.50 bits per heavy atom. The van der Waals surface area contributed by atoms with Gasteiger partial charge in [0, 0.05) is 37.5 Å². The molecule has 18 heavy (non-hydrogen) atoms. The number of nitrogens with zero attached hydrogens (tertiary/aromatic N) is 2. The van der Waals surface area contributed by atoms with Gasteiger partial charge in [-0.15, -0.1) is 0 Å². The van der Waals surface area contributed by atoms with Crippen LogP contribution < -0.4 is 5.73 Å². The molecule has 0 aliphatic rings. The summed E-state index contributed by atoms with van der Waals surface area (Å²) in [5.74, 6) is -0.0618. The summed E-state index contributed by atoms with van der Waals surface area (Å²) in [5.41, 5.74) is 7.76. The van der Waals surface area contributed by atoms with Gasteiger partial charge in [-0.1, -0.05) is 0 Å². The van der Waals surface area contributed by atoms with Gasteiger partial charge in [-0.25, -0.2) is 0 Å². The van der Waals surface area contributed by atoms with Gasteiger partial charge in [0.2, 0.25) is 0 Å². The number of amides is 1. The van der Waals surface area contributed by atoms with Crippen LogP contribution >= 0.6 is 0 Å². The molecule has 0 unspecified atom stereocenters. The van der Waals surface area contributed by atoms with E-state index < -0.39 is 0 Å². The Kier molecular flexibility index (Phi) is 3.74. The first-order valence-electron chi connectivity index (χ1n) is 5.62. The quantitative estimate of drug-likeness (QED) is 0.883. The fourth-order valence-corrected chi connectivity index (χ4v) is 1.67. The van der Waals surface area contributed by atoms with Crippen LogP contribution in [0.4, 0.5) is 0 Å². The summed E-state index contributed by atoms with van der Waals surface area (Å²) in [7, 11) is 1.75. The van der Waals surface area contributed by atoms with Crippen molar-refractivity contribution in [2.45, 2.75) is 13.1 Å². The summed E-state index contributed by atoms with van der Waals surface area (Å²) in [6.45, 7) is 0.835. The summed E-state index contributed by atoms with van der Waals surface area (Å²) in [6, 6.07) is 5.24. The first kappa shape index (κ1) is 12.3. The highest BCUT2D eigenvalue weighted by molar-refractivity contribution is 5.94. The van der Waals surface area contributed by atoms with Gasteiger partial charge in [0.1, 0.15) is 0 Å². The average Bonchev–Trinajstić information content (AvgIpc) is 2.90. The molecule has 0 aromatic carbocycles. The fourth-order valence-electron chi connectivity index (χ4n) is 1.67. The van der Waals surface area contributed by atoms with Crippen molar-refractivity contribution in [3.63, 3.8) is 0 Å². The molecule has 0 fully saturated rings. The molecule has 2 heterocycles. The van der Waals surface area contributed by atoms with Crippen molar-refractivity contribution in [1.82, 2.24) is 9.88 Å². The smallest absolute Gasteiger partial charge is 0.254 e. The Hall–Kier alpha value is -2.14. The van der Waals surface area contributed by atoms with E-state index in [0.717, 1.165) is 5.56 Å². The molecule has 5 nitrogen and oxygen atoms in total. The van der Waals surface area contributed by atoms with Crippen molar-refractivity contribution in [3.8, 4) is 0 Å². The van der Waals surface area contributed by atoms with Crippen LogP contribution in [-0.2, 0) is 13.1 Å². The molecule has 2 N–H and O–H groups in total. The topological polar surface area (TPSA) is 72.4 Å². The second-order valence-electron chi connectivity index (χ2n) is 4.03. The van der Waals surface area contributed by atoms with Crippen LogP contribution in [0.5, 0.6) is 0 Å². The summed E-state index contributed by atoms with van der Waals surface area (Å²) in [6.07, 6.45) is 4.81. The van der Waals surface area contributed by atoms with Crippen molar-refractivity contribution < 1.29 is 9.21 Å². The third kappa shape index (κ3) is 2.75. The first-order chi connectivity index (χ1) is 8.70. The molecule has 0 aliphatic carbocycles. The van der Waals surface area contributed by atoms with E-state index in [9.17, 15) is 4.79 Å². The molecule has 2 rings (SSSR count). The molecule has 0 aliphatic heterocycles. The molecular weight excluding hydrogens is 230 g/mol. The molecule has 0 saturated heterocycles. The van der Waals surface area contributed by atoms with Crippen LogP contribution in [0.3, 0.4) is 0 Å². The van der Waals surface area contributed by atoms with Crippen LogP contribution in [0.2, 0.25) is 0 Å². The van der Waals surface area contributed by atoms with Crippen LogP contribution in [-0.4, -0.2) is 22.8 Å². The lowest BCUT2D eigenvalue weighted by Gasteiger charge is -2.16. The van der Waals surface area contributed by atoms with Crippen molar-refractivity contribution >= 4 is 5.91 Å². The number of carbonyl (C=O) groups excluding carboxylic acids is 1. The number of pyridine rings is 1. The zero-order chi connectivity index (χ0) is 13.0. The molecule has 0 saturated carbocycles. The van der Waals surface area contributed by atoms with Gasteiger partial charge >= 0.3 is 0 Å². The van der Waals surface area contributed by atoms with Gasteiger partial charge < -0.3 is 15.1 Å². The minimum atomic E-state index is -0.0618. The summed E-state index contributed by atoms with van der Waals surface area (Å²) in [4.78, 5) is 17.9. The molecule has 0 spiro atoms. The standard InChI is InChI=1S/C13H15N3O2/c1-16(8-10-3-5-18-9-10)13(17)11-2-4-15-12(6-11)7-14/h2-6,9H,7-8,14H2,1H3. The zero-order valence-electron chi connectivity index (χ0n) is 10.2. The van der Waals surface area contributed by atoms with Gasteiger partial charge in [-0.2, -0.15) is 0 Å². The number of hydrogen-bond acceptors (Lipinski definition) is 4. The summed E-state index contributed by atoms with van der Waals surface area (Å²) in [5, 5.41) is 0. The highest BCUT2D eigenvalue weighted by atomic mass is 16.3. The van der Waals surface area contributed by atoms with Crippen molar-refractivity contribution in [2.24, 2.45) is 5.73 Å². The van der Waals surface area contributed by atoms with E-state index in [1.165, 1.54) is 0 Å². The normalized spacial score (nSPS) is 10.3. The number of furan rings is 1. The maximum Gasteiger partial charge on any atom is 0.254 e. The Morgan fingerprint density at radius 2 is 2.33 bits per heavy atom. The highest BCUT2D eigenvalue weighted by Crippen LogP contribution is 2.09. The number of hydrogen-bond donors (Lipinski definition) is 1. The van der Waals surface area contributed by atoms with Crippen molar-refractivity contribution in [1.29, 1.82) is 0 Å². The van der Waals surface area contributed by atoms with E-state index >= 15 is 0 Å². The molecule has 0 bridgehead atoms. The average molecular weight is 245 g/mol. The number of rotatable bonds is 4. The molecule has 1 amide bonds. The zero-order valence-corrected chi connectivity index (χ0v) is 10.2. The lowest BCUT2D eigenvalue weighted by atomic mass is 10.2. The minimum Gasteiger partial charge on any atom is -0.472 e. The Morgan fingerprint density at radius 3 is 3.00 bits per heavy atom. The predicted molar refractivity (Wildman–Crippen MR) is 66.6 cm³/mol. The van der Waals surface area contributed by atoms with Gasteiger partial charge in [0.25, 0.3) is 5.91 Å². The lowest BCUT2D eigenvalue weighted by Crippen LogP contribution is -2.26. The molecule has 0 atom stereocenters. The van der Waals surface area contributed by atoms with E-state index in [1.807, 2.05) is 6.07 Å². The first-order valence-corrected chi connectivity index (χ1v) is 5.62. The maximum atomic E-state index is 12.2. The van der Waals surface area contributed by atoms with E-state index in [4.69, 9.17) is 10.2 Å². The second-order valence-corrected chi connectivity index (χ2v) is 4.03. The van der Waals surface area contributed by atoms with Crippen molar-refractivity contribution in [2.75, 3.05) is 7.05 Å². The fraction of sp³-hybridized carbons (Fsp3) is 0.231. The maximum absolute atomic E-state index is 12.2. The van der Waals surface area contributed by atoms with Crippen LogP contribution in [0.25, 0.3) is 0 Å². The van der Waals surface area contributed by atoms with Gasteiger partial charge in [0.05, 0.1) is 18.2 Å². The largest absolute Gasteiger partial charge is 0.472 e. The third-order valence-corrected chi connectivity index (χ3v) is 2.62. The third-order valence-electron chi connectivity index (χ3n) is 2.62. The Balaban J connectivity index is 2.10. The summed E-state index contributed by atoms with van der Waals surface area (Å²) >= 11 is 0. The summed E-state index contributed by atoms with van der Waals surface area (Å²) < 4.78 is 4.97. The molecule has 5 heteroatoms. The number of nitrogens with two attached hydrogens (primary N) is 1. The number of carbonyl (C=O) groups is 1. The van der Waals surface area contributed by atoms with Gasteiger partial charge in [-0.05, 0) is 18.2 Å². The lowest BCUT2D eigenvalue weighted by molar-refractivity contribution is 0.0784. The van der Waals surface area contributed by atoms with Gasteiger partial charge in [-0.3, -0.25) is 9.78 Å².